The third-order valence-electron chi connectivity index (χ3n) is 3.53. The van der Waals surface area contributed by atoms with Gasteiger partial charge in [-0.3, -0.25) is 4.99 Å². The van der Waals surface area contributed by atoms with Crippen molar-refractivity contribution in [2.45, 2.75) is 33.2 Å². The van der Waals surface area contributed by atoms with E-state index in [2.05, 4.69) is 27.5 Å². The molecule has 0 amide bonds. The van der Waals surface area contributed by atoms with Gasteiger partial charge in [0.15, 0.2) is 5.96 Å². The molecule has 2 rings (SSSR count). The summed E-state index contributed by atoms with van der Waals surface area (Å²) in [5, 5.41) is 7.59. The molecule has 0 radical (unpaired) electrons. The molecule has 1 aromatic heterocycles. The van der Waals surface area contributed by atoms with Gasteiger partial charge in [0.2, 0.25) is 0 Å². The predicted octanol–water partition coefficient (Wildman–Crippen LogP) is 3.20. The van der Waals surface area contributed by atoms with Gasteiger partial charge in [0.25, 0.3) is 0 Å². The number of thiazole rings is 1. The van der Waals surface area contributed by atoms with Crippen LogP contribution in [0.15, 0.2) is 29.3 Å². The first-order chi connectivity index (χ1) is 11.1. The largest absolute Gasteiger partial charge is 0.356 e. The fourth-order valence-corrected chi connectivity index (χ4v) is 3.06. The molecule has 2 aromatic rings. The van der Waals surface area contributed by atoms with Crippen LogP contribution in [-0.4, -0.2) is 24.5 Å². The van der Waals surface area contributed by atoms with Crippen molar-refractivity contribution in [3.05, 3.63) is 51.2 Å². The Morgan fingerprint density at radius 3 is 2.78 bits per heavy atom. The molecule has 0 spiro atoms. The lowest BCUT2D eigenvalue weighted by Crippen LogP contribution is -2.37. The first-order valence-corrected chi connectivity index (χ1v) is 8.52. The van der Waals surface area contributed by atoms with Crippen LogP contribution in [0.3, 0.4) is 0 Å². The van der Waals surface area contributed by atoms with Gasteiger partial charge in [-0.05, 0) is 44.4 Å². The Labute approximate surface area is 140 Å². The number of halogens is 1. The van der Waals surface area contributed by atoms with Crippen molar-refractivity contribution in [1.82, 2.24) is 15.6 Å². The Morgan fingerprint density at radius 2 is 2.13 bits per heavy atom. The van der Waals surface area contributed by atoms with Gasteiger partial charge in [-0.25, -0.2) is 9.37 Å². The van der Waals surface area contributed by atoms with Gasteiger partial charge in [0.05, 0.1) is 12.2 Å². The van der Waals surface area contributed by atoms with E-state index in [1.165, 1.54) is 10.9 Å². The molecule has 0 aliphatic heterocycles. The minimum atomic E-state index is -0.179. The van der Waals surface area contributed by atoms with Crippen molar-refractivity contribution >= 4 is 17.3 Å². The molecule has 0 bridgehead atoms. The van der Waals surface area contributed by atoms with Gasteiger partial charge in [0, 0.05) is 18.5 Å². The minimum absolute atomic E-state index is 0.179. The first-order valence-electron chi connectivity index (χ1n) is 7.70. The summed E-state index contributed by atoms with van der Waals surface area (Å²) in [6.07, 6.45) is 1.76. The van der Waals surface area contributed by atoms with E-state index in [1.807, 2.05) is 13.0 Å². The summed E-state index contributed by atoms with van der Waals surface area (Å²) < 4.78 is 13.1. The number of hydrogen-bond donors (Lipinski definition) is 2. The maximum atomic E-state index is 13.1. The molecule has 0 aliphatic rings. The second kappa shape index (κ2) is 8.62. The zero-order valence-electron chi connectivity index (χ0n) is 13.8. The second-order valence-electron chi connectivity index (χ2n) is 5.34. The van der Waals surface area contributed by atoms with Gasteiger partial charge < -0.3 is 10.6 Å². The highest BCUT2D eigenvalue weighted by molar-refractivity contribution is 7.11. The number of aliphatic imine (C=N–C) groups is 1. The number of hydrogen-bond acceptors (Lipinski definition) is 3. The highest BCUT2D eigenvalue weighted by Gasteiger charge is 2.04. The smallest absolute Gasteiger partial charge is 0.191 e. The van der Waals surface area contributed by atoms with E-state index >= 15 is 0 Å². The van der Waals surface area contributed by atoms with Crippen molar-refractivity contribution in [2.24, 2.45) is 4.99 Å². The number of guanidine groups is 1. The quantitative estimate of drug-likeness (QED) is 0.484. The van der Waals surface area contributed by atoms with Crippen LogP contribution in [0.5, 0.6) is 0 Å². The third kappa shape index (κ3) is 5.63. The summed E-state index contributed by atoms with van der Waals surface area (Å²) in [6, 6.07) is 6.75. The van der Waals surface area contributed by atoms with E-state index < -0.39 is 0 Å². The zero-order valence-corrected chi connectivity index (χ0v) is 14.6. The van der Waals surface area contributed by atoms with Crippen LogP contribution in [0.4, 0.5) is 4.39 Å². The summed E-state index contributed by atoms with van der Waals surface area (Å²) in [5.41, 5.74) is 2.10. The molecule has 0 saturated carbocycles. The molecular weight excluding hydrogens is 311 g/mol. The van der Waals surface area contributed by atoms with E-state index in [4.69, 9.17) is 0 Å². The van der Waals surface area contributed by atoms with Crippen LogP contribution in [-0.2, 0) is 13.0 Å². The summed E-state index contributed by atoms with van der Waals surface area (Å²) >= 11 is 1.70. The molecule has 2 N–H and O–H groups in total. The highest BCUT2D eigenvalue weighted by atomic mass is 32.1. The highest BCUT2D eigenvalue weighted by Crippen LogP contribution is 2.15. The maximum Gasteiger partial charge on any atom is 0.191 e. The Hall–Kier alpha value is -1.95. The Bertz CT molecular complexity index is 647. The lowest BCUT2D eigenvalue weighted by Gasteiger charge is -2.10. The third-order valence-corrected chi connectivity index (χ3v) is 4.60. The van der Waals surface area contributed by atoms with Crippen LogP contribution < -0.4 is 10.6 Å². The Morgan fingerprint density at radius 1 is 1.30 bits per heavy atom. The minimum Gasteiger partial charge on any atom is -0.356 e. The second-order valence-corrected chi connectivity index (χ2v) is 6.62. The molecule has 6 heteroatoms. The van der Waals surface area contributed by atoms with Gasteiger partial charge in [-0.15, -0.1) is 11.3 Å². The normalized spacial score (nSPS) is 11.6. The van der Waals surface area contributed by atoms with Gasteiger partial charge >= 0.3 is 0 Å². The first kappa shape index (κ1) is 17.4. The number of benzene rings is 1. The predicted molar refractivity (Wildman–Crippen MR) is 94.5 cm³/mol. The summed E-state index contributed by atoms with van der Waals surface area (Å²) in [4.78, 5) is 9.95. The van der Waals surface area contributed by atoms with Gasteiger partial charge in [0.1, 0.15) is 10.8 Å². The van der Waals surface area contributed by atoms with Crippen LogP contribution in [0.2, 0.25) is 0 Å². The fourth-order valence-electron chi connectivity index (χ4n) is 2.19. The van der Waals surface area contributed by atoms with Crippen LogP contribution in [0.1, 0.15) is 27.6 Å². The van der Waals surface area contributed by atoms with Crippen LogP contribution >= 0.6 is 11.3 Å². The molecule has 0 aliphatic carbocycles. The molecular formula is C17H23FN4S. The van der Waals surface area contributed by atoms with E-state index in [0.717, 1.165) is 41.6 Å². The lowest BCUT2D eigenvalue weighted by atomic mass is 10.1. The molecule has 23 heavy (non-hydrogen) atoms. The number of aromatic nitrogens is 1. The molecule has 1 aromatic carbocycles. The summed E-state index contributed by atoms with van der Waals surface area (Å²) in [7, 11) is 1.75. The molecule has 0 atom stereocenters. The van der Waals surface area contributed by atoms with Crippen molar-refractivity contribution in [2.75, 3.05) is 13.6 Å². The molecule has 124 valence electrons. The number of nitrogens with zero attached hydrogens (tertiary/aromatic N) is 2. The molecule has 0 fully saturated rings. The average molecular weight is 334 g/mol. The van der Waals surface area contributed by atoms with Crippen LogP contribution in [0.25, 0.3) is 0 Å². The molecule has 1 heterocycles. The van der Waals surface area contributed by atoms with E-state index in [9.17, 15) is 4.39 Å². The SMILES string of the molecule is CN=C(NCCCc1cccc(F)c1)NCc1nc(C)c(C)s1. The Kier molecular flexibility index (Phi) is 6.52. The van der Waals surface area contributed by atoms with Crippen molar-refractivity contribution in [3.63, 3.8) is 0 Å². The lowest BCUT2D eigenvalue weighted by molar-refractivity contribution is 0.624. The average Bonchev–Trinajstić information content (AvgIpc) is 2.85. The number of nitrogens with one attached hydrogen (secondary N) is 2. The fraction of sp³-hybridized carbons (Fsp3) is 0.412. The molecule has 0 unspecified atom stereocenters. The summed E-state index contributed by atoms with van der Waals surface area (Å²) in [6.45, 7) is 5.56. The van der Waals surface area contributed by atoms with E-state index in [1.54, 1.807) is 30.5 Å². The van der Waals surface area contributed by atoms with Gasteiger partial charge in [-0.2, -0.15) is 0 Å². The standard InChI is InChI=1S/C17H23FN4S/c1-12-13(2)23-16(22-12)11-21-17(19-3)20-9-5-7-14-6-4-8-15(18)10-14/h4,6,8,10H,5,7,9,11H2,1-3H3,(H2,19,20,21). The summed E-state index contributed by atoms with van der Waals surface area (Å²) in [5.74, 6) is 0.580. The number of aryl methyl sites for hydroxylation is 3. The van der Waals surface area contributed by atoms with E-state index in [0.29, 0.717) is 6.54 Å². The number of rotatable bonds is 6. The molecule has 4 nitrogen and oxygen atoms in total. The van der Waals surface area contributed by atoms with Gasteiger partial charge in [-0.1, -0.05) is 12.1 Å². The maximum absolute atomic E-state index is 13.1. The molecule has 0 saturated heterocycles. The van der Waals surface area contributed by atoms with Crippen molar-refractivity contribution in [3.8, 4) is 0 Å². The zero-order chi connectivity index (χ0) is 16.7. The van der Waals surface area contributed by atoms with E-state index in [-0.39, 0.29) is 5.82 Å². The van der Waals surface area contributed by atoms with Crippen LogP contribution in [0, 0.1) is 19.7 Å². The Balaban J connectivity index is 1.70. The van der Waals surface area contributed by atoms with Crippen molar-refractivity contribution in [1.29, 1.82) is 0 Å². The van der Waals surface area contributed by atoms with Crippen molar-refractivity contribution < 1.29 is 4.39 Å². The topological polar surface area (TPSA) is 49.3 Å². The monoisotopic (exact) mass is 334 g/mol.